The van der Waals surface area contributed by atoms with Crippen LogP contribution in [-0.2, 0) is 14.3 Å². The van der Waals surface area contributed by atoms with Gasteiger partial charge in [-0.25, -0.2) is 4.79 Å². The molecule has 0 fully saturated rings. The van der Waals surface area contributed by atoms with Gasteiger partial charge in [0, 0.05) is 11.6 Å². The van der Waals surface area contributed by atoms with Crippen LogP contribution in [0.1, 0.15) is 15.9 Å². The maximum Gasteiger partial charge on any atom is 0.331 e. The molecule has 1 N–H and O–H groups in total. The van der Waals surface area contributed by atoms with Crippen LogP contribution in [0, 0.1) is 0 Å². The molecule has 7 nitrogen and oxygen atoms in total. The van der Waals surface area contributed by atoms with E-state index in [1.54, 1.807) is 48.5 Å². The minimum Gasteiger partial charge on any atom is -0.454 e. The number of imide groups is 1. The lowest BCUT2D eigenvalue weighted by molar-refractivity contribution is -0.143. The van der Waals surface area contributed by atoms with Crippen molar-refractivity contribution in [1.82, 2.24) is 5.32 Å². The second kappa shape index (κ2) is 7.98. The van der Waals surface area contributed by atoms with Crippen LogP contribution in [0.15, 0.2) is 54.6 Å². The second-order valence-corrected chi connectivity index (χ2v) is 5.30. The van der Waals surface area contributed by atoms with Gasteiger partial charge in [-0.15, -0.1) is 0 Å². The van der Waals surface area contributed by atoms with Gasteiger partial charge in [0.05, 0.1) is 0 Å². The van der Waals surface area contributed by atoms with Crippen molar-refractivity contribution in [3.05, 3.63) is 65.7 Å². The molecule has 26 heavy (non-hydrogen) atoms. The van der Waals surface area contributed by atoms with Crippen molar-refractivity contribution >= 4 is 23.9 Å². The summed E-state index contributed by atoms with van der Waals surface area (Å²) in [5.74, 6) is -0.722. The molecule has 0 saturated carbocycles. The summed E-state index contributed by atoms with van der Waals surface area (Å²) < 4.78 is 15.2. The minimum atomic E-state index is -0.705. The molecular weight excluding hydrogens is 338 g/mol. The van der Waals surface area contributed by atoms with Gasteiger partial charge in [0.15, 0.2) is 18.1 Å². The van der Waals surface area contributed by atoms with E-state index < -0.39 is 24.4 Å². The number of carbonyl (C=O) groups is 3. The average molecular weight is 353 g/mol. The molecule has 0 radical (unpaired) electrons. The Kier molecular flexibility index (Phi) is 5.28. The van der Waals surface area contributed by atoms with Gasteiger partial charge < -0.3 is 14.2 Å². The van der Waals surface area contributed by atoms with Crippen molar-refractivity contribution < 1.29 is 28.6 Å². The maximum atomic E-state index is 11.8. The van der Waals surface area contributed by atoms with Gasteiger partial charge in [-0.05, 0) is 35.9 Å². The summed E-state index contributed by atoms with van der Waals surface area (Å²) >= 11 is 0. The zero-order chi connectivity index (χ0) is 18.4. The van der Waals surface area contributed by atoms with Crippen molar-refractivity contribution in [2.24, 2.45) is 0 Å². The van der Waals surface area contributed by atoms with Gasteiger partial charge in [-0.2, -0.15) is 0 Å². The lowest BCUT2D eigenvalue weighted by Gasteiger charge is -2.04. The minimum absolute atomic E-state index is 0.168. The van der Waals surface area contributed by atoms with Gasteiger partial charge >= 0.3 is 5.97 Å². The third-order valence-corrected chi connectivity index (χ3v) is 3.44. The Balaban J connectivity index is 1.46. The van der Waals surface area contributed by atoms with Crippen LogP contribution >= 0.6 is 0 Å². The molecule has 3 rings (SSSR count). The summed E-state index contributed by atoms with van der Waals surface area (Å²) in [5.41, 5.74) is 1.06. The highest BCUT2D eigenvalue weighted by atomic mass is 16.7. The Morgan fingerprint density at radius 2 is 1.81 bits per heavy atom. The number of esters is 1. The van der Waals surface area contributed by atoms with E-state index in [9.17, 15) is 14.4 Å². The first-order valence-electron chi connectivity index (χ1n) is 7.75. The average Bonchev–Trinajstić information content (AvgIpc) is 3.13. The van der Waals surface area contributed by atoms with Gasteiger partial charge in [0.2, 0.25) is 6.79 Å². The Hall–Kier alpha value is -3.61. The molecule has 2 aromatic carbocycles. The first kappa shape index (κ1) is 17.2. The van der Waals surface area contributed by atoms with Crippen LogP contribution in [0.25, 0.3) is 6.08 Å². The lowest BCUT2D eigenvalue weighted by Crippen LogP contribution is -2.33. The number of fused-ring (bicyclic) bond motifs is 1. The SMILES string of the molecule is O=C(COC(=O)/C=C/c1ccc2c(c1)OCO2)NC(=O)c1ccccc1. The summed E-state index contributed by atoms with van der Waals surface area (Å²) in [4.78, 5) is 35.1. The van der Waals surface area contributed by atoms with E-state index in [-0.39, 0.29) is 6.79 Å². The Labute approximate surface area is 149 Å². The second-order valence-electron chi connectivity index (χ2n) is 5.30. The third-order valence-electron chi connectivity index (χ3n) is 3.44. The van der Waals surface area contributed by atoms with Crippen LogP contribution in [0.3, 0.4) is 0 Å². The van der Waals surface area contributed by atoms with Crippen molar-refractivity contribution in [2.45, 2.75) is 0 Å². The van der Waals surface area contributed by atoms with Crippen molar-refractivity contribution in [2.75, 3.05) is 13.4 Å². The standard InChI is InChI=1S/C19H15NO6/c21-17(20-19(23)14-4-2-1-3-5-14)11-24-18(22)9-7-13-6-8-15-16(10-13)26-12-25-15/h1-10H,11-12H2,(H,20,21,23)/b9-7+. The highest BCUT2D eigenvalue weighted by Crippen LogP contribution is 2.32. The predicted molar refractivity (Wildman–Crippen MR) is 91.5 cm³/mol. The molecule has 2 aromatic rings. The molecule has 2 amide bonds. The van der Waals surface area contributed by atoms with Gasteiger partial charge in [0.1, 0.15) is 0 Å². The highest BCUT2D eigenvalue weighted by molar-refractivity contribution is 6.05. The van der Waals surface area contributed by atoms with Crippen molar-refractivity contribution in [3.8, 4) is 11.5 Å². The largest absolute Gasteiger partial charge is 0.454 e. The van der Waals surface area contributed by atoms with Crippen LogP contribution < -0.4 is 14.8 Å². The van der Waals surface area contributed by atoms with Crippen molar-refractivity contribution in [3.63, 3.8) is 0 Å². The van der Waals surface area contributed by atoms with Crippen LogP contribution in [0.4, 0.5) is 0 Å². The number of rotatable bonds is 5. The van der Waals surface area contributed by atoms with Crippen LogP contribution in [0.2, 0.25) is 0 Å². The number of carbonyl (C=O) groups excluding carboxylic acids is 3. The molecule has 7 heteroatoms. The number of hydrogen-bond acceptors (Lipinski definition) is 6. The normalized spacial score (nSPS) is 12.0. The van der Waals surface area contributed by atoms with E-state index in [1.807, 2.05) is 0 Å². The summed E-state index contributed by atoms with van der Waals surface area (Å²) in [6.45, 7) is -0.385. The molecule has 0 unspecified atom stereocenters. The molecule has 0 spiro atoms. The zero-order valence-corrected chi connectivity index (χ0v) is 13.6. The number of ether oxygens (including phenoxy) is 3. The number of amides is 2. The van der Waals surface area contributed by atoms with Crippen LogP contribution in [0.5, 0.6) is 11.5 Å². The van der Waals surface area contributed by atoms with Gasteiger partial charge in [-0.1, -0.05) is 24.3 Å². The molecule has 0 aliphatic carbocycles. The first-order valence-corrected chi connectivity index (χ1v) is 7.75. The molecule has 0 bridgehead atoms. The Bertz CT molecular complexity index is 860. The van der Waals surface area contributed by atoms with E-state index >= 15 is 0 Å². The summed E-state index contributed by atoms with van der Waals surface area (Å²) in [7, 11) is 0. The monoisotopic (exact) mass is 353 g/mol. The molecular formula is C19H15NO6. The molecule has 1 aliphatic rings. The predicted octanol–water partition coefficient (Wildman–Crippen LogP) is 1.93. The lowest BCUT2D eigenvalue weighted by atomic mass is 10.2. The van der Waals surface area contributed by atoms with Crippen molar-refractivity contribution in [1.29, 1.82) is 0 Å². The van der Waals surface area contributed by atoms with E-state index in [4.69, 9.17) is 14.2 Å². The number of benzene rings is 2. The number of hydrogen-bond donors (Lipinski definition) is 1. The first-order chi connectivity index (χ1) is 12.6. The molecule has 1 heterocycles. The van der Waals surface area contributed by atoms with E-state index in [2.05, 4.69) is 5.32 Å². The highest BCUT2D eigenvalue weighted by Gasteiger charge is 2.13. The third kappa shape index (κ3) is 4.47. The smallest absolute Gasteiger partial charge is 0.331 e. The topological polar surface area (TPSA) is 90.9 Å². The van der Waals surface area contributed by atoms with E-state index in [0.29, 0.717) is 17.1 Å². The zero-order valence-electron chi connectivity index (χ0n) is 13.6. The fraction of sp³-hybridized carbons (Fsp3) is 0.105. The summed E-state index contributed by atoms with van der Waals surface area (Å²) in [5, 5.41) is 2.14. The Morgan fingerprint density at radius 1 is 1.04 bits per heavy atom. The summed E-state index contributed by atoms with van der Waals surface area (Å²) in [6, 6.07) is 13.5. The summed E-state index contributed by atoms with van der Waals surface area (Å²) in [6.07, 6.45) is 2.71. The molecule has 0 atom stereocenters. The molecule has 132 valence electrons. The van der Waals surface area contributed by atoms with Gasteiger partial charge in [-0.3, -0.25) is 14.9 Å². The fourth-order valence-electron chi connectivity index (χ4n) is 2.19. The maximum absolute atomic E-state index is 11.8. The molecule has 1 aliphatic heterocycles. The number of nitrogens with one attached hydrogen (secondary N) is 1. The van der Waals surface area contributed by atoms with E-state index in [1.165, 1.54) is 12.2 Å². The van der Waals surface area contributed by atoms with Gasteiger partial charge in [0.25, 0.3) is 11.8 Å². The molecule has 0 aromatic heterocycles. The van der Waals surface area contributed by atoms with E-state index in [0.717, 1.165) is 5.56 Å². The quantitative estimate of drug-likeness (QED) is 0.652. The Morgan fingerprint density at radius 3 is 2.62 bits per heavy atom. The fourth-order valence-corrected chi connectivity index (χ4v) is 2.19. The van der Waals surface area contributed by atoms with Crippen LogP contribution in [-0.4, -0.2) is 31.2 Å². The molecule has 0 saturated heterocycles.